The molecule has 1 aromatic carbocycles. The van der Waals surface area contributed by atoms with Gasteiger partial charge in [0, 0.05) is 6.04 Å². The second kappa shape index (κ2) is 6.77. The molecule has 2 rings (SSSR count). The third-order valence-corrected chi connectivity index (χ3v) is 3.76. The van der Waals surface area contributed by atoms with Crippen LogP contribution in [0.3, 0.4) is 0 Å². The maximum absolute atomic E-state index is 3.55. The minimum absolute atomic E-state index is 0.819. The van der Waals surface area contributed by atoms with Gasteiger partial charge in [-0.25, -0.2) is 0 Å². The normalized spacial score (nSPS) is 20.9. The van der Waals surface area contributed by atoms with Crippen molar-refractivity contribution >= 4 is 0 Å². The minimum atomic E-state index is 0.819. The Morgan fingerprint density at radius 1 is 1.24 bits per heavy atom. The van der Waals surface area contributed by atoms with Crippen LogP contribution in [0.5, 0.6) is 0 Å². The maximum atomic E-state index is 3.55. The molecule has 0 amide bonds. The van der Waals surface area contributed by atoms with Crippen molar-refractivity contribution in [2.45, 2.75) is 31.7 Å². The molecule has 1 aliphatic heterocycles. The summed E-state index contributed by atoms with van der Waals surface area (Å²) >= 11 is 0. The van der Waals surface area contributed by atoms with E-state index in [-0.39, 0.29) is 0 Å². The first-order valence-corrected chi connectivity index (χ1v) is 6.81. The van der Waals surface area contributed by atoms with Crippen molar-refractivity contribution in [1.82, 2.24) is 10.2 Å². The second-order valence-corrected chi connectivity index (χ2v) is 5.05. The molecule has 94 valence electrons. The van der Waals surface area contributed by atoms with Crippen LogP contribution >= 0.6 is 0 Å². The highest BCUT2D eigenvalue weighted by Gasteiger charge is 2.19. The summed E-state index contributed by atoms with van der Waals surface area (Å²) in [4.78, 5) is 2.50. The van der Waals surface area contributed by atoms with Crippen LogP contribution in [0.15, 0.2) is 30.3 Å². The first-order chi connectivity index (χ1) is 8.36. The second-order valence-electron chi connectivity index (χ2n) is 5.05. The number of likely N-dealkylation sites (tertiary alicyclic amines) is 1. The van der Waals surface area contributed by atoms with Crippen molar-refractivity contribution < 1.29 is 0 Å². The molecule has 0 aliphatic carbocycles. The third-order valence-electron chi connectivity index (χ3n) is 3.76. The lowest BCUT2D eigenvalue weighted by Gasteiger charge is -2.19. The highest BCUT2D eigenvalue weighted by atomic mass is 15.1. The van der Waals surface area contributed by atoms with E-state index in [1.54, 1.807) is 0 Å². The van der Waals surface area contributed by atoms with Crippen molar-refractivity contribution in [2.24, 2.45) is 0 Å². The van der Waals surface area contributed by atoms with Crippen LogP contribution < -0.4 is 5.32 Å². The molecule has 1 aromatic rings. The molecular weight excluding hydrogens is 208 g/mol. The average molecular weight is 232 g/mol. The van der Waals surface area contributed by atoms with Gasteiger partial charge in [0.2, 0.25) is 0 Å². The molecule has 1 atom stereocenters. The van der Waals surface area contributed by atoms with Gasteiger partial charge in [-0.1, -0.05) is 30.3 Å². The predicted octanol–water partition coefficient (Wildman–Crippen LogP) is 2.30. The Labute approximate surface area is 105 Å². The molecule has 2 nitrogen and oxygen atoms in total. The molecule has 17 heavy (non-hydrogen) atoms. The van der Waals surface area contributed by atoms with E-state index in [1.165, 1.54) is 31.4 Å². The van der Waals surface area contributed by atoms with Gasteiger partial charge < -0.3 is 10.2 Å². The van der Waals surface area contributed by atoms with Gasteiger partial charge in [-0.15, -0.1) is 0 Å². The number of hydrogen-bond donors (Lipinski definition) is 1. The fourth-order valence-corrected chi connectivity index (χ4v) is 2.62. The van der Waals surface area contributed by atoms with E-state index in [9.17, 15) is 0 Å². The zero-order valence-electron chi connectivity index (χ0n) is 10.9. The Hall–Kier alpha value is -0.860. The van der Waals surface area contributed by atoms with Crippen LogP contribution in [0, 0.1) is 0 Å². The molecular formula is C15H24N2. The standard InChI is InChI=1S/C15H24N2/c1-17-13-5-8-15(17)10-12-16-11-9-14-6-3-2-4-7-14/h2-4,6-7,15-16H,5,8-13H2,1H3. The van der Waals surface area contributed by atoms with Crippen LogP contribution in [-0.2, 0) is 6.42 Å². The van der Waals surface area contributed by atoms with Crippen LogP contribution in [0.4, 0.5) is 0 Å². The molecule has 1 unspecified atom stereocenters. The van der Waals surface area contributed by atoms with Gasteiger partial charge in [0.25, 0.3) is 0 Å². The quantitative estimate of drug-likeness (QED) is 0.757. The zero-order valence-corrected chi connectivity index (χ0v) is 10.9. The zero-order chi connectivity index (χ0) is 11.9. The highest BCUT2D eigenvalue weighted by molar-refractivity contribution is 5.14. The van der Waals surface area contributed by atoms with Gasteiger partial charge in [0.15, 0.2) is 0 Å². The first-order valence-electron chi connectivity index (χ1n) is 6.81. The SMILES string of the molecule is CN1CCCC1CCNCCc1ccccc1. The van der Waals surface area contributed by atoms with Crippen molar-refractivity contribution in [3.05, 3.63) is 35.9 Å². The molecule has 0 bridgehead atoms. The average Bonchev–Trinajstić information content (AvgIpc) is 2.76. The molecule has 1 saturated heterocycles. The van der Waals surface area contributed by atoms with Crippen molar-refractivity contribution in [3.63, 3.8) is 0 Å². The summed E-state index contributed by atoms with van der Waals surface area (Å²) in [6, 6.07) is 11.5. The largest absolute Gasteiger partial charge is 0.316 e. The number of nitrogens with zero attached hydrogens (tertiary/aromatic N) is 1. The van der Waals surface area contributed by atoms with Gasteiger partial charge in [-0.2, -0.15) is 0 Å². The Bertz CT molecular complexity index is 310. The maximum Gasteiger partial charge on any atom is 0.0105 e. The lowest BCUT2D eigenvalue weighted by atomic mass is 10.1. The molecule has 1 fully saturated rings. The summed E-state index contributed by atoms with van der Waals surface area (Å²) in [6.07, 6.45) is 5.20. The summed E-state index contributed by atoms with van der Waals surface area (Å²) in [5.41, 5.74) is 1.43. The van der Waals surface area contributed by atoms with Crippen molar-refractivity contribution in [2.75, 3.05) is 26.7 Å². The minimum Gasteiger partial charge on any atom is -0.316 e. The van der Waals surface area contributed by atoms with Crippen LogP contribution in [0.25, 0.3) is 0 Å². The van der Waals surface area contributed by atoms with E-state index in [0.29, 0.717) is 0 Å². The number of hydrogen-bond acceptors (Lipinski definition) is 2. The Kier molecular flexibility index (Phi) is 5.02. The van der Waals surface area contributed by atoms with Crippen molar-refractivity contribution in [3.8, 4) is 0 Å². The monoisotopic (exact) mass is 232 g/mol. The van der Waals surface area contributed by atoms with E-state index in [4.69, 9.17) is 0 Å². The number of nitrogens with one attached hydrogen (secondary N) is 1. The topological polar surface area (TPSA) is 15.3 Å². The van der Waals surface area contributed by atoms with Gasteiger partial charge in [-0.3, -0.25) is 0 Å². The van der Waals surface area contributed by atoms with Gasteiger partial charge in [-0.05, 0) is 57.9 Å². The Morgan fingerprint density at radius 3 is 2.76 bits per heavy atom. The molecule has 0 aromatic heterocycles. The summed E-state index contributed by atoms with van der Waals surface area (Å²) in [6.45, 7) is 3.54. The molecule has 0 radical (unpaired) electrons. The first kappa shape index (κ1) is 12.6. The van der Waals surface area contributed by atoms with E-state index in [1.807, 2.05) is 0 Å². The van der Waals surface area contributed by atoms with Gasteiger partial charge >= 0.3 is 0 Å². The molecule has 1 N–H and O–H groups in total. The fourth-order valence-electron chi connectivity index (χ4n) is 2.62. The molecule has 0 spiro atoms. The third kappa shape index (κ3) is 4.14. The van der Waals surface area contributed by atoms with E-state index >= 15 is 0 Å². The lowest BCUT2D eigenvalue weighted by Crippen LogP contribution is -2.29. The van der Waals surface area contributed by atoms with Gasteiger partial charge in [0.05, 0.1) is 0 Å². The van der Waals surface area contributed by atoms with E-state index < -0.39 is 0 Å². The van der Waals surface area contributed by atoms with E-state index in [2.05, 4.69) is 47.6 Å². The van der Waals surface area contributed by atoms with E-state index in [0.717, 1.165) is 25.6 Å². The van der Waals surface area contributed by atoms with Crippen LogP contribution in [0.2, 0.25) is 0 Å². The fraction of sp³-hybridized carbons (Fsp3) is 0.600. The van der Waals surface area contributed by atoms with Crippen molar-refractivity contribution in [1.29, 1.82) is 0 Å². The summed E-state index contributed by atoms with van der Waals surface area (Å²) < 4.78 is 0. The van der Waals surface area contributed by atoms with Gasteiger partial charge in [0.1, 0.15) is 0 Å². The number of benzene rings is 1. The predicted molar refractivity (Wildman–Crippen MR) is 73.3 cm³/mol. The van der Waals surface area contributed by atoms with Crippen LogP contribution in [-0.4, -0.2) is 37.6 Å². The molecule has 0 saturated carbocycles. The summed E-state index contributed by atoms with van der Waals surface area (Å²) in [5.74, 6) is 0. The Balaban J connectivity index is 1.55. The lowest BCUT2D eigenvalue weighted by molar-refractivity contribution is 0.294. The molecule has 2 heteroatoms. The molecule has 1 heterocycles. The Morgan fingerprint density at radius 2 is 2.06 bits per heavy atom. The van der Waals surface area contributed by atoms with Crippen LogP contribution in [0.1, 0.15) is 24.8 Å². The molecule has 1 aliphatic rings. The summed E-state index contributed by atoms with van der Waals surface area (Å²) in [7, 11) is 2.25. The smallest absolute Gasteiger partial charge is 0.0105 e. The number of rotatable bonds is 6. The highest BCUT2D eigenvalue weighted by Crippen LogP contribution is 2.16. The summed E-state index contributed by atoms with van der Waals surface area (Å²) in [5, 5.41) is 3.55.